The van der Waals surface area contributed by atoms with Crippen LogP contribution in [-0.4, -0.2) is 35.9 Å². The highest BCUT2D eigenvalue weighted by molar-refractivity contribution is 6.29. The molecule has 8 heteroatoms. The Bertz CT molecular complexity index is 413. The lowest BCUT2D eigenvalue weighted by Gasteiger charge is -2.10. The van der Waals surface area contributed by atoms with Gasteiger partial charge in [-0.3, -0.25) is 0 Å². The standard InChI is InChI=1S/C11H15ClF3N3O/c1-7(2)10-17-8(12)5-9(18-10)16-3-4-19-6-11(13,14)15/h5,7H,3-4,6H2,1-2H3,(H,16,17,18). The van der Waals surface area contributed by atoms with Crippen molar-refractivity contribution in [3.8, 4) is 0 Å². The molecule has 0 spiro atoms. The molecule has 0 radical (unpaired) electrons. The Morgan fingerprint density at radius 1 is 1.37 bits per heavy atom. The summed E-state index contributed by atoms with van der Waals surface area (Å²) in [4.78, 5) is 8.24. The summed E-state index contributed by atoms with van der Waals surface area (Å²) in [5, 5.41) is 3.13. The van der Waals surface area contributed by atoms with E-state index in [4.69, 9.17) is 11.6 Å². The topological polar surface area (TPSA) is 47.0 Å². The molecule has 1 aromatic heterocycles. The SMILES string of the molecule is CC(C)c1nc(Cl)cc(NCCOCC(F)(F)F)n1. The molecule has 1 aromatic rings. The fourth-order valence-electron chi connectivity index (χ4n) is 1.22. The summed E-state index contributed by atoms with van der Waals surface area (Å²) in [5.74, 6) is 1.16. The van der Waals surface area contributed by atoms with Gasteiger partial charge < -0.3 is 10.1 Å². The van der Waals surface area contributed by atoms with E-state index in [0.29, 0.717) is 11.6 Å². The number of hydrogen-bond acceptors (Lipinski definition) is 4. The zero-order valence-electron chi connectivity index (χ0n) is 10.6. The van der Waals surface area contributed by atoms with Crippen LogP contribution in [0.25, 0.3) is 0 Å². The lowest BCUT2D eigenvalue weighted by molar-refractivity contribution is -0.172. The normalized spacial score (nSPS) is 11.9. The van der Waals surface area contributed by atoms with E-state index in [0.717, 1.165) is 0 Å². The van der Waals surface area contributed by atoms with E-state index in [2.05, 4.69) is 20.0 Å². The predicted molar refractivity (Wildman–Crippen MR) is 66.5 cm³/mol. The number of anilines is 1. The largest absolute Gasteiger partial charge is 0.411 e. The van der Waals surface area contributed by atoms with Crippen molar-refractivity contribution in [1.29, 1.82) is 0 Å². The van der Waals surface area contributed by atoms with E-state index in [1.807, 2.05) is 13.8 Å². The van der Waals surface area contributed by atoms with Gasteiger partial charge in [0.25, 0.3) is 0 Å². The highest BCUT2D eigenvalue weighted by Crippen LogP contribution is 2.17. The van der Waals surface area contributed by atoms with Crippen molar-refractivity contribution in [2.45, 2.75) is 25.9 Å². The van der Waals surface area contributed by atoms with Crippen molar-refractivity contribution < 1.29 is 17.9 Å². The summed E-state index contributed by atoms with van der Waals surface area (Å²) in [5.41, 5.74) is 0. The quantitative estimate of drug-likeness (QED) is 0.647. The van der Waals surface area contributed by atoms with Gasteiger partial charge in [0, 0.05) is 18.5 Å². The number of ether oxygens (including phenoxy) is 1. The van der Waals surface area contributed by atoms with Crippen LogP contribution in [0.15, 0.2) is 6.07 Å². The van der Waals surface area contributed by atoms with Gasteiger partial charge in [0.2, 0.25) is 0 Å². The van der Waals surface area contributed by atoms with Crippen LogP contribution in [0.2, 0.25) is 5.15 Å². The molecule has 0 saturated heterocycles. The lowest BCUT2D eigenvalue weighted by Crippen LogP contribution is -2.20. The van der Waals surface area contributed by atoms with Crippen LogP contribution in [0.1, 0.15) is 25.6 Å². The van der Waals surface area contributed by atoms with Gasteiger partial charge >= 0.3 is 6.18 Å². The minimum atomic E-state index is -4.30. The van der Waals surface area contributed by atoms with Gasteiger partial charge in [-0.2, -0.15) is 13.2 Å². The van der Waals surface area contributed by atoms with Gasteiger partial charge in [0.05, 0.1) is 6.61 Å². The van der Waals surface area contributed by atoms with Gasteiger partial charge in [0.1, 0.15) is 23.4 Å². The molecule has 0 fully saturated rings. The van der Waals surface area contributed by atoms with Gasteiger partial charge in [-0.05, 0) is 0 Å². The number of aromatic nitrogens is 2. The van der Waals surface area contributed by atoms with Crippen LogP contribution in [0.3, 0.4) is 0 Å². The van der Waals surface area contributed by atoms with E-state index in [1.54, 1.807) is 0 Å². The molecule has 4 nitrogen and oxygen atoms in total. The molecular weight excluding hydrogens is 283 g/mol. The van der Waals surface area contributed by atoms with E-state index in [1.165, 1.54) is 6.07 Å². The molecular formula is C11H15ClF3N3O. The van der Waals surface area contributed by atoms with Crippen molar-refractivity contribution in [2.24, 2.45) is 0 Å². The zero-order valence-corrected chi connectivity index (χ0v) is 11.3. The number of halogens is 4. The molecule has 0 saturated carbocycles. The summed E-state index contributed by atoms with van der Waals surface area (Å²) in [6.45, 7) is 2.72. The average Bonchev–Trinajstić information content (AvgIpc) is 2.26. The molecule has 1 heterocycles. The van der Waals surface area contributed by atoms with Gasteiger partial charge in [-0.15, -0.1) is 0 Å². The van der Waals surface area contributed by atoms with E-state index in [9.17, 15) is 13.2 Å². The molecule has 108 valence electrons. The van der Waals surface area contributed by atoms with Gasteiger partial charge in [-0.25, -0.2) is 9.97 Å². The summed E-state index contributed by atoms with van der Waals surface area (Å²) >= 11 is 5.82. The molecule has 0 aromatic carbocycles. The zero-order chi connectivity index (χ0) is 14.5. The second kappa shape index (κ2) is 6.91. The molecule has 0 aliphatic heterocycles. The first-order valence-electron chi connectivity index (χ1n) is 5.71. The van der Waals surface area contributed by atoms with E-state index >= 15 is 0 Å². The fraction of sp³-hybridized carbons (Fsp3) is 0.636. The molecule has 0 unspecified atom stereocenters. The van der Waals surface area contributed by atoms with Crippen LogP contribution in [-0.2, 0) is 4.74 Å². The van der Waals surface area contributed by atoms with Crippen LogP contribution in [0.5, 0.6) is 0 Å². The third kappa shape index (κ3) is 6.58. The summed E-state index contributed by atoms with van der Waals surface area (Å²) in [7, 11) is 0. The predicted octanol–water partition coefficient (Wildman–Crippen LogP) is 3.24. The maximum atomic E-state index is 11.8. The van der Waals surface area contributed by atoms with Crippen LogP contribution < -0.4 is 5.32 Å². The maximum Gasteiger partial charge on any atom is 0.411 e. The lowest BCUT2D eigenvalue weighted by atomic mass is 10.2. The Balaban J connectivity index is 2.41. The molecule has 0 aliphatic rings. The third-order valence-electron chi connectivity index (χ3n) is 2.05. The Morgan fingerprint density at radius 2 is 2.05 bits per heavy atom. The maximum absolute atomic E-state index is 11.8. The minimum Gasteiger partial charge on any atom is -0.370 e. The smallest absolute Gasteiger partial charge is 0.370 e. The highest BCUT2D eigenvalue weighted by atomic mass is 35.5. The first-order valence-corrected chi connectivity index (χ1v) is 6.08. The van der Waals surface area contributed by atoms with Crippen molar-refractivity contribution in [3.63, 3.8) is 0 Å². The first kappa shape index (κ1) is 16.0. The van der Waals surface area contributed by atoms with Crippen LogP contribution >= 0.6 is 11.6 Å². The summed E-state index contributed by atoms with van der Waals surface area (Å²) in [6, 6.07) is 1.51. The summed E-state index contributed by atoms with van der Waals surface area (Å²) in [6.07, 6.45) is -4.30. The number of hydrogen-bond donors (Lipinski definition) is 1. The monoisotopic (exact) mass is 297 g/mol. The molecule has 19 heavy (non-hydrogen) atoms. The van der Waals surface area contributed by atoms with Crippen molar-refractivity contribution in [2.75, 3.05) is 25.1 Å². The Morgan fingerprint density at radius 3 is 2.63 bits per heavy atom. The molecule has 0 aliphatic carbocycles. The highest BCUT2D eigenvalue weighted by Gasteiger charge is 2.27. The first-order chi connectivity index (χ1) is 8.78. The minimum absolute atomic E-state index is 0.0713. The second-order valence-electron chi connectivity index (χ2n) is 4.18. The average molecular weight is 298 g/mol. The van der Waals surface area contributed by atoms with Crippen molar-refractivity contribution in [3.05, 3.63) is 17.0 Å². The molecule has 1 rings (SSSR count). The second-order valence-corrected chi connectivity index (χ2v) is 4.57. The third-order valence-corrected chi connectivity index (χ3v) is 2.24. The van der Waals surface area contributed by atoms with E-state index in [-0.39, 0.29) is 24.2 Å². The number of nitrogens with zero attached hydrogens (tertiary/aromatic N) is 2. The van der Waals surface area contributed by atoms with Crippen molar-refractivity contribution >= 4 is 17.4 Å². The molecule has 0 amide bonds. The van der Waals surface area contributed by atoms with Gasteiger partial charge in [0.15, 0.2) is 0 Å². The fourth-order valence-corrected chi connectivity index (χ4v) is 1.41. The van der Waals surface area contributed by atoms with Crippen LogP contribution in [0, 0.1) is 0 Å². The van der Waals surface area contributed by atoms with Crippen LogP contribution in [0.4, 0.5) is 19.0 Å². The number of nitrogens with one attached hydrogen (secondary N) is 1. The van der Waals surface area contributed by atoms with Crippen molar-refractivity contribution in [1.82, 2.24) is 9.97 Å². The summed E-state index contributed by atoms with van der Waals surface area (Å²) < 4.78 is 39.9. The number of alkyl halides is 3. The van der Waals surface area contributed by atoms with E-state index < -0.39 is 12.8 Å². The molecule has 0 bridgehead atoms. The Hall–Kier alpha value is -1.08. The molecule has 0 atom stereocenters. The van der Waals surface area contributed by atoms with Gasteiger partial charge in [-0.1, -0.05) is 25.4 Å². The Labute approximate surface area is 114 Å². The molecule has 1 N–H and O–H groups in total. The Kier molecular flexibility index (Phi) is 5.81. The number of rotatable bonds is 6.